The monoisotopic (exact) mass is 170 g/mol. The third kappa shape index (κ3) is 1.46. The molecule has 4 heteroatoms. The summed E-state index contributed by atoms with van der Waals surface area (Å²) in [6, 6.07) is 1.38. The van der Waals surface area contributed by atoms with Crippen molar-refractivity contribution in [2.24, 2.45) is 0 Å². The average molecular weight is 170 g/mol. The van der Waals surface area contributed by atoms with E-state index in [1.807, 2.05) is 0 Å². The number of hydrogen-bond donors (Lipinski definition) is 1. The maximum absolute atomic E-state index is 10.4. The van der Waals surface area contributed by atoms with Crippen LogP contribution in [0.1, 0.15) is 24.9 Å². The molecule has 1 aromatic heterocycles. The molecule has 58 valence electrons. The van der Waals surface area contributed by atoms with Crippen molar-refractivity contribution in [1.29, 1.82) is 0 Å². The second-order valence-electron chi connectivity index (χ2n) is 2.04. The van der Waals surface area contributed by atoms with Gasteiger partial charge in [0.2, 0.25) is 0 Å². The number of aryl methyl sites for hydroxylation is 1. The zero-order valence-corrected chi connectivity index (χ0v) is 6.64. The predicted molar refractivity (Wildman–Crippen MR) is 41.4 cm³/mol. The van der Waals surface area contributed by atoms with Crippen molar-refractivity contribution in [2.75, 3.05) is 0 Å². The van der Waals surface area contributed by atoms with Crippen LogP contribution in [0.5, 0.6) is 0 Å². The second-order valence-corrected chi connectivity index (χ2v) is 3.33. The molecular weight excluding hydrogens is 164 g/mol. The molecule has 0 aliphatic heterocycles. The quantitative estimate of drug-likeness (QED) is 0.685. The predicted octanol–water partition coefficient (Wildman–Crippen LogP) is 1.57. The van der Waals surface area contributed by atoms with Crippen molar-refractivity contribution in [3.05, 3.63) is 21.4 Å². The maximum Gasteiger partial charge on any atom is 0.336 e. The van der Waals surface area contributed by atoms with Gasteiger partial charge in [0, 0.05) is 4.88 Å². The van der Waals surface area contributed by atoms with E-state index in [-0.39, 0.29) is 5.56 Å². The molecule has 0 aliphatic carbocycles. The SMILES string of the molecule is Cc1sc(C=O)cc1C(=O)O. The Labute approximate surface area is 67.3 Å². The normalized spacial score (nSPS) is 9.55. The molecule has 0 aliphatic rings. The van der Waals surface area contributed by atoms with Crippen LogP contribution >= 0.6 is 11.3 Å². The molecule has 3 nitrogen and oxygen atoms in total. The summed E-state index contributed by atoms with van der Waals surface area (Å²) in [7, 11) is 0. The number of carboxylic acids is 1. The van der Waals surface area contributed by atoms with Gasteiger partial charge in [-0.1, -0.05) is 0 Å². The summed E-state index contributed by atoms with van der Waals surface area (Å²) in [5.41, 5.74) is 0.220. The molecule has 1 rings (SSSR count). The summed E-state index contributed by atoms with van der Waals surface area (Å²) in [5.74, 6) is -0.980. The minimum Gasteiger partial charge on any atom is -0.478 e. The summed E-state index contributed by atoms with van der Waals surface area (Å²) >= 11 is 1.19. The Morgan fingerprint density at radius 2 is 2.36 bits per heavy atom. The first kappa shape index (κ1) is 7.94. The lowest BCUT2D eigenvalue weighted by Gasteiger charge is -1.86. The van der Waals surface area contributed by atoms with E-state index in [9.17, 15) is 9.59 Å². The van der Waals surface area contributed by atoms with Gasteiger partial charge in [-0.25, -0.2) is 4.79 Å². The molecule has 0 radical (unpaired) electrons. The molecule has 0 bridgehead atoms. The average Bonchev–Trinajstić information content (AvgIpc) is 2.30. The van der Waals surface area contributed by atoms with E-state index >= 15 is 0 Å². The highest BCUT2D eigenvalue weighted by Gasteiger charge is 2.10. The number of carbonyl (C=O) groups excluding carboxylic acids is 1. The fourth-order valence-electron chi connectivity index (χ4n) is 0.776. The second kappa shape index (κ2) is 2.84. The molecule has 0 amide bonds. The van der Waals surface area contributed by atoms with Crippen molar-refractivity contribution in [2.45, 2.75) is 6.92 Å². The number of hydrogen-bond acceptors (Lipinski definition) is 3. The molecule has 11 heavy (non-hydrogen) atoms. The summed E-state index contributed by atoms with van der Waals surface area (Å²) in [5, 5.41) is 8.57. The highest BCUT2D eigenvalue weighted by atomic mass is 32.1. The Kier molecular flexibility index (Phi) is 2.05. The van der Waals surface area contributed by atoms with Crippen LogP contribution in [0.2, 0.25) is 0 Å². The van der Waals surface area contributed by atoms with E-state index in [2.05, 4.69) is 0 Å². The van der Waals surface area contributed by atoms with Crippen molar-refractivity contribution >= 4 is 23.6 Å². The first-order valence-electron chi connectivity index (χ1n) is 2.94. The third-order valence-electron chi connectivity index (χ3n) is 1.28. The van der Waals surface area contributed by atoms with E-state index in [0.717, 1.165) is 0 Å². The van der Waals surface area contributed by atoms with E-state index in [4.69, 9.17) is 5.11 Å². The highest BCUT2D eigenvalue weighted by molar-refractivity contribution is 7.13. The van der Waals surface area contributed by atoms with Crippen molar-refractivity contribution in [1.82, 2.24) is 0 Å². The summed E-state index contributed by atoms with van der Waals surface area (Å²) in [6.45, 7) is 1.68. The molecule has 0 saturated carbocycles. The lowest BCUT2D eigenvalue weighted by molar-refractivity contribution is 0.0697. The number of aldehydes is 1. The fourth-order valence-corrected chi connectivity index (χ4v) is 1.61. The number of rotatable bonds is 2. The van der Waals surface area contributed by atoms with Crippen LogP contribution in [0.3, 0.4) is 0 Å². The largest absolute Gasteiger partial charge is 0.478 e. The number of carbonyl (C=O) groups is 2. The molecule has 1 N–H and O–H groups in total. The lowest BCUT2D eigenvalue weighted by atomic mass is 10.2. The molecule has 1 aromatic rings. The molecular formula is C7H6O3S. The van der Waals surface area contributed by atoms with Gasteiger partial charge in [-0.2, -0.15) is 0 Å². The number of aromatic carboxylic acids is 1. The van der Waals surface area contributed by atoms with Gasteiger partial charge < -0.3 is 5.11 Å². The molecule has 0 unspecified atom stereocenters. The molecule has 0 aromatic carbocycles. The Bertz CT molecular complexity index is 301. The van der Waals surface area contributed by atoms with Crippen LogP contribution in [0.25, 0.3) is 0 Å². The zero-order valence-electron chi connectivity index (χ0n) is 5.83. The molecule has 0 atom stereocenters. The maximum atomic E-state index is 10.4. The third-order valence-corrected chi connectivity index (χ3v) is 2.26. The van der Waals surface area contributed by atoms with E-state index in [1.54, 1.807) is 6.92 Å². The van der Waals surface area contributed by atoms with E-state index in [1.165, 1.54) is 17.4 Å². The van der Waals surface area contributed by atoms with Gasteiger partial charge in [-0.15, -0.1) is 11.3 Å². The van der Waals surface area contributed by atoms with Crippen LogP contribution in [0, 0.1) is 6.92 Å². The topological polar surface area (TPSA) is 54.4 Å². The number of carboxylic acid groups (broad SMARTS) is 1. The Balaban J connectivity index is 3.16. The Morgan fingerprint density at radius 1 is 1.73 bits per heavy atom. The van der Waals surface area contributed by atoms with Crippen molar-refractivity contribution < 1.29 is 14.7 Å². The van der Waals surface area contributed by atoms with Crippen LogP contribution in [-0.4, -0.2) is 17.4 Å². The standard InChI is InChI=1S/C7H6O3S/c1-4-6(7(9)10)2-5(3-8)11-4/h2-3H,1H3,(H,9,10). The van der Waals surface area contributed by atoms with Gasteiger partial charge in [0.25, 0.3) is 0 Å². The van der Waals surface area contributed by atoms with Gasteiger partial charge in [-0.05, 0) is 13.0 Å². The lowest BCUT2D eigenvalue weighted by Crippen LogP contribution is -1.94. The molecule has 0 spiro atoms. The molecule has 1 heterocycles. The smallest absolute Gasteiger partial charge is 0.336 e. The first-order chi connectivity index (χ1) is 5.15. The van der Waals surface area contributed by atoms with Gasteiger partial charge >= 0.3 is 5.97 Å². The summed E-state index contributed by atoms with van der Waals surface area (Å²) < 4.78 is 0. The van der Waals surface area contributed by atoms with Gasteiger partial charge in [0.1, 0.15) is 0 Å². The highest BCUT2D eigenvalue weighted by Crippen LogP contribution is 2.19. The Hall–Kier alpha value is -1.16. The van der Waals surface area contributed by atoms with E-state index < -0.39 is 5.97 Å². The van der Waals surface area contributed by atoms with Crippen LogP contribution in [-0.2, 0) is 0 Å². The summed E-state index contributed by atoms with van der Waals surface area (Å²) in [6.07, 6.45) is 0.657. The summed E-state index contributed by atoms with van der Waals surface area (Å²) in [4.78, 5) is 21.8. The minimum absolute atomic E-state index is 0.220. The van der Waals surface area contributed by atoms with Gasteiger partial charge in [-0.3, -0.25) is 4.79 Å². The number of thiophene rings is 1. The van der Waals surface area contributed by atoms with E-state index in [0.29, 0.717) is 16.0 Å². The van der Waals surface area contributed by atoms with Gasteiger partial charge in [0.15, 0.2) is 6.29 Å². The van der Waals surface area contributed by atoms with Crippen LogP contribution in [0.4, 0.5) is 0 Å². The van der Waals surface area contributed by atoms with Crippen molar-refractivity contribution in [3.8, 4) is 0 Å². The molecule has 0 saturated heterocycles. The Morgan fingerprint density at radius 3 is 2.64 bits per heavy atom. The van der Waals surface area contributed by atoms with Crippen LogP contribution < -0.4 is 0 Å². The first-order valence-corrected chi connectivity index (χ1v) is 3.75. The minimum atomic E-state index is -0.980. The van der Waals surface area contributed by atoms with Crippen molar-refractivity contribution in [3.63, 3.8) is 0 Å². The van der Waals surface area contributed by atoms with Crippen LogP contribution in [0.15, 0.2) is 6.07 Å². The zero-order chi connectivity index (χ0) is 8.43. The fraction of sp³-hybridized carbons (Fsp3) is 0.143. The van der Waals surface area contributed by atoms with Gasteiger partial charge in [0.05, 0.1) is 10.4 Å². The molecule has 0 fully saturated rings.